The van der Waals surface area contributed by atoms with Gasteiger partial charge >= 0.3 is 5.69 Å². The highest BCUT2D eigenvalue weighted by Gasteiger charge is 2.24. The van der Waals surface area contributed by atoms with Crippen molar-refractivity contribution in [3.8, 4) is 0 Å². The van der Waals surface area contributed by atoms with Crippen LogP contribution in [0.5, 0.6) is 0 Å². The first kappa shape index (κ1) is 13.9. The summed E-state index contributed by atoms with van der Waals surface area (Å²) < 4.78 is 28.5. The van der Waals surface area contributed by atoms with Gasteiger partial charge in [-0.1, -0.05) is 18.2 Å². The van der Waals surface area contributed by atoms with Gasteiger partial charge in [0.1, 0.15) is 0 Å². The number of hydrogen-bond donors (Lipinski definition) is 0. The molecule has 0 aliphatic carbocycles. The number of nitro groups is 1. The maximum atomic E-state index is 13.6. The van der Waals surface area contributed by atoms with E-state index in [1.54, 1.807) is 30.3 Å². The zero-order chi connectivity index (χ0) is 15.9. The van der Waals surface area contributed by atoms with Crippen molar-refractivity contribution >= 4 is 22.5 Å². The molecule has 0 saturated carbocycles. The number of carbonyl (C=O) groups excluding carboxylic acids is 1. The number of nitrogens with zero attached hydrogens (tertiary/aromatic N) is 2. The molecule has 110 valence electrons. The number of para-hydroxylation sites is 1. The van der Waals surface area contributed by atoms with Crippen LogP contribution < -0.4 is 0 Å². The van der Waals surface area contributed by atoms with E-state index in [4.69, 9.17) is 0 Å². The number of fused-ring (bicyclic) bond motifs is 1. The highest BCUT2D eigenvalue weighted by molar-refractivity contribution is 6.02. The van der Waals surface area contributed by atoms with Gasteiger partial charge in [0.2, 0.25) is 11.6 Å². The molecule has 3 aromatic rings. The number of carbonyl (C=O) groups is 1. The Bertz CT molecular complexity index is 895. The number of rotatable bonds is 2. The molecule has 0 N–H and O–H groups in total. The minimum Gasteiger partial charge on any atom is -0.283 e. The van der Waals surface area contributed by atoms with Crippen LogP contribution in [0.3, 0.4) is 0 Å². The monoisotopic (exact) mass is 302 g/mol. The molecule has 0 radical (unpaired) electrons. The summed E-state index contributed by atoms with van der Waals surface area (Å²) in [5.74, 6) is -3.44. The summed E-state index contributed by atoms with van der Waals surface area (Å²) in [7, 11) is 0. The molecule has 0 aliphatic rings. The average Bonchev–Trinajstić information content (AvgIpc) is 2.89. The summed E-state index contributed by atoms with van der Waals surface area (Å²) in [6.45, 7) is 0. The highest BCUT2D eigenvalue weighted by Crippen LogP contribution is 2.24. The van der Waals surface area contributed by atoms with Gasteiger partial charge in [0.15, 0.2) is 0 Å². The van der Waals surface area contributed by atoms with E-state index < -0.39 is 28.2 Å². The predicted molar refractivity (Wildman–Crippen MR) is 74.7 cm³/mol. The van der Waals surface area contributed by atoms with Gasteiger partial charge in [-0.25, -0.2) is 0 Å². The Morgan fingerprint density at radius 3 is 2.36 bits per heavy atom. The molecule has 0 bridgehead atoms. The van der Waals surface area contributed by atoms with Gasteiger partial charge in [-0.3, -0.25) is 19.5 Å². The van der Waals surface area contributed by atoms with Crippen molar-refractivity contribution in [1.29, 1.82) is 0 Å². The fourth-order valence-electron chi connectivity index (χ4n) is 2.26. The molecule has 0 aliphatic heterocycles. The molecular formula is C15H8F2N2O3. The summed E-state index contributed by atoms with van der Waals surface area (Å²) in [5, 5.41) is 11.4. The van der Waals surface area contributed by atoms with E-state index in [1.165, 1.54) is 10.8 Å². The largest absolute Gasteiger partial charge is 0.340 e. The van der Waals surface area contributed by atoms with E-state index in [0.29, 0.717) is 17.6 Å². The van der Waals surface area contributed by atoms with Gasteiger partial charge in [0.25, 0.3) is 5.91 Å². The van der Waals surface area contributed by atoms with E-state index in [9.17, 15) is 23.7 Å². The Hall–Kier alpha value is -3.09. The summed E-state index contributed by atoms with van der Waals surface area (Å²) in [4.78, 5) is 21.8. The fourth-order valence-corrected chi connectivity index (χ4v) is 2.26. The molecule has 0 spiro atoms. The summed E-state index contributed by atoms with van der Waals surface area (Å²) in [5.41, 5.74) is -0.998. The Morgan fingerprint density at radius 2 is 1.73 bits per heavy atom. The van der Waals surface area contributed by atoms with E-state index >= 15 is 0 Å². The minimum atomic E-state index is -1.38. The second kappa shape index (κ2) is 5.03. The lowest BCUT2D eigenvalue weighted by atomic mass is 10.1. The van der Waals surface area contributed by atoms with Crippen LogP contribution in [-0.4, -0.2) is 15.4 Å². The molecule has 2 aromatic carbocycles. The van der Waals surface area contributed by atoms with E-state index in [-0.39, 0.29) is 5.56 Å². The maximum absolute atomic E-state index is 13.6. The van der Waals surface area contributed by atoms with Crippen molar-refractivity contribution in [3.05, 3.63) is 76.0 Å². The van der Waals surface area contributed by atoms with E-state index in [0.717, 1.165) is 5.39 Å². The summed E-state index contributed by atoms with van der Waals surface area (Å²) in [6, 6.07) is 10.0. The lowest BCUT2D eigenvalue weighted by molar-refractivity contribution is -0.390. The molecule has 0 atom stereocenters. The second-order valence-corrected chi connectivity index (χ2v) is 4.60. The molecule has 1 aromatic heterocycles. The van der Waals surface area contributed by atoms with Gasteiger partial charge < -0.3 is 0 Å². The van der Waals surface area contributed by atoms with Crippen molar-refractivity contribution < 1.29 is 18.5 Å². The third-order valence-electron chi connectivity index (χ3n) is 3.26. The quantitative estimate of drug-likeness (QED) is 0.537. The first-order valence-corrected chi connectivity index (χ1v) is 6.23. The zero-order valence-corrected chi connectivity index (χ0v) is 11.0. The van der Waals surface area contributed by atoms with Crippen molar-refractivity contribution in [2.45, 2.75) is 0 Å². The van der Waals surface area contributed by atoms with Crippen LogP contribution in [0.15, 0.2) is 48.7 Å². The van der Waals surface area contributed by atoms with Gasteiger partial charge in [-0.05, 0) is 24.3 Å². The maximum Gasteiger partial charge on any atom is 0.340 e. The Kier molecular flexibility index (Phi) is 3.17. The average molecular weight is 302 g/mol. The van der Waals surface area contributed by atoms with Crippen molar-refractivity contribution in [3.63, 3.8) is 0 Å². The van der Waals surface area contributed by atoms with Crippen LogP contribution in [0, 0.1) is 21.7 Å². The summed E-state index contributed by atoms with van der Waals surface area (Å²) >= 11 is 0. The molecule has 0 unspecified atom stereocenters. The molecule has 22 heavy (non-hydrogen) atoms. The number of aromatic nitrogens is 1. The number of halogens is 2. The standard InChI is InChI=1S/C15H8F2N2O3/c16-11-7-10(8-12(17)14(11)19(21)22)15(20)18-6-5-9-3-1-2-4-13(9)18/h1-8H. The fraction of sp³-hybridized carbons (Fsp3) is 0. The van der Waals surface area contributed by atoms with Gasteiger partial charge in [-0.15, -0.1) is 0 Å². The number of benzene rings is 2. The third kappa shape index (κ3) is 2.12. The first-order valence-electron chi connectivity index (χ1n) is 6.23. The van der Waals surface area contributed by atoms with E-state index in [1.807, 2.05) is 0 Å². The Morgan fingerprint density at radius 1 is 1.09 bits per heavy atom. The molecule has 0 amide bonds. The molecule has 0 saturated heterocycles. The molecule has 1 heterocycles. The predicted octanol–water partition coefficient (Wildman–Crippen LogP) is 3.52. The SMILES string of the molecule is O=C(c1cc(F)c([N+](=O)[O-])c(F)c1)n1ccc2ccccc21. The Labute approximate surface area is 122 Å². The Balaban J connectivity index is 2.12. The topological polar surface area (TPSA) is 65.1 Å². The minimum absolute atomic E-state index is 0.304. The zero-order valence-electron chi connectivity index (χ0n) is 11.0. The van der Waals surface area contributed by atoms with E-state index in [2.05, 4.69) is 0 Å². The van der Waals surface area contributed by atoms with Gasteiger partial charge in [-0.2, -0.15) is 8.78 Å². The van der Waals surface area contributed by atoms with Crippen molar-refractivity contribution in [1.82, 2.24) is 4.57 Å². The molecular weight excluding hydrogens is 294 g/mol. The smallest absolute Gasteiger partial charge is 0.283 e. The normalized spacial score (nSPS) is 10.8. The third-order valence-corrected chi connectivity index (χ3v) is 3.26. The lowest BCUT2D eigenvalue weighted by Gasteiger charge is -2.05. The number of nitro benzene ring substituents is 1. The van der Waals surface area contributed by atoms with Gasteiger partial charge in [0, 0.05) is 17.1 Å². The van der Waals surface area contributed by atoms with Crippen molar-refractivity contribution in [2.75, 3.05) is 0 Å². The first-order chi connectivity index (χ1) is 10.5. The van der Waals surface area contributed by atoms with Crippen molar-refractivity contribution in [2.24, 2.45) is 0 Å². The highest BCUT2D eigenvalue weighted by atomic mass is 19.1. The molecule has 0 fully saturated rings. The van der Waals surface area contributed by atoms with Gasteiger partial charge in [0.05, 0.1) is 10.4 Å². The number of hydrogen-bond acceptors (Lipinski definition) is 3. The van der Waals surface area contributed by atoms with Crippen LogP contribution in [0.1, 0.15) is 10.4 Å². The van der Waals surface area contributed by atoms with Crippen LogP contribution in [0.2, 0.25) is 0 Å². The second-order valence-electron chi connectivity index (χ2n) is 4.60. The van der Waals surface area contributed by atoms with Crippen LogP contribution in [0.4, 0.5) is 14.5 Å². The van der Waals surface area contributed by atoms with Crippen LogP contribution in [0.25, 0.3) is 10.9 Å². The summed E-state index contributed by atoms with van der Waals surface area (Å²) in [6.07, 6.45) is 1.48. The molecule has 5 nitrogen and oxygen atoms in total. The van der Waals surface area contributed by atoms with Crippen LogP contribution >= 0.6 is 0 Å². The molecule has 3 rings (SSSR count). The molecule has 7 heteroatoms. The lowest BCUT2D eigenvalue weighted by Crippen LogP contribution is -2.12. The van der Waals surface area contributed by atoms with Crippen LogP contribution in [-0.2, 0) is 0 Å².